The van der Waals surface area contributed by atoms with E-state index in [2.05, 4.69) is 57.3 Å². The van der Waals surface area contributed by atoms with E-state index >= 15 is 0 Å². The van der Waals surface area contributed by atoms with Crippen molar-refractivity contribution in [2.24, 2.45) is 23.3 Å². The highest BCUT2D eigenvalue weighted by atomic mass is 16.4. The number of carboxylic acids is 1. The van der Waals surface area contributed by atoms with E-state index in [0.29, 0.717) is 50.1 Å². The molecular weight excluding hydrogens is 754 g/mol. The van der Waals surface area contributed by atoms with E-state index < -0.39 is 12.0 Å². The van der Waals surface area contributed by atoms with Crippen molar-refractivity contribution in [1.82, 2.24) is 39.4 Å². The number of primary amides is 2. The SMILES string of the molecule is CB(O)N1CCC(C)(N2CCN(C(=O)CC3CCN(C(N)=O)CC3)[C@@H](C)C2)CC1.CB(O)N1CCC(C)(N2CCN[C@@H](C)C2)CC1.NC(=O)N1CCC(CC(=O)O)CC1. The molecule has 17 nitrogen and oxygen atoms in total. The third kappa shape index (κ3) is 14.5. The molecule has 6 rings (SSSR count). The average molecular weight is 833 g/mol. The number of likely N-dealkylation sites (tertiary alicyclic amines) is 2. The molecule has 6 aliphatic rings. The Hall–Kier alpha value is -2.67. The number of carboxylic acid groups (broad SMARTS) is 1. The Morgan fingerprint density at radius 2 is 1.07 bits per heavy atom. The first-order valence-electron chi connectivity index (χ1n) is 22.5. The number of nitrogens with one attached hydrogen (secondary N) is 1. The van der Waals surface area contributed by atoms with Crippen molar-refractivity contribution < 1.29 is 34.3 Å². The lowest BCUT2D eigenvalue weighted by molar-refractivity contribution is -0.139. The van der Waals surface area contributed by atoms with E-state index in [-0.39, 0.29) is 50.0 Å². The Balaban J connectivity index is 0.000000216. The number of piperidine rings is 4. The molecule has 0 spiro atoms. The number of hydrogen-bond acceptors (Lipinski definition) is 11. The molecule has 0 aromatic carbocycles. The maximum absolute atomic E-state index is 12.9. The van der Waals surface area contributed by atoms with Crippen molar-refractivity contribution >= 4 is 38.0 Å². The number of urea groups is 2. The number of rotatable bonds is 8. The minimum atomic E-state index is -0.766. The summed E-state index contributed by atoms with van der Waals surface area (Å²) in [5.41, 5.74) is 10.9. The third-order valence-electron chi connectivity index (χ3n) is 14.4. The standard InChI is InChI=1S/C20H38BN5O3.C12H26BN3O.C8H14N2O3/c1-16-15-24(20(2)6-10-25(11-7-20)21(3)29)12-13-26(16)18(27)14-17-4-8-23(9-5-17)19(22)28;1-11-10-15(9-6-14-11)12(2)4-7-16(8-5-12)13(3)17;9-8(13)10-3-1-6(2-4-10)5-7(11)12/h16-17,29H,4-15H2,1-3H3,(H2,22,28);11,14,17H,4-10H2,1-3H3;6H,1-5H2,(H2,9,13)(H,11,12)/t16-;11-;/m00./s1. The van der Waals surface area contributed by atoms with Crippen LogP contribution in [-0.4, -0.2) is 202 Å². The van der Waals surface area contributed by atoms with Gasteiger partial charge in [0, 0.05) is 101 Å². The summed E-state index contributed by atoms with van der Waals surface area (Å²) in [5.74, 6) is 0.0417. The molecule has 6 aliphatic heterocycles. The summed E-state index contributed by atoms with van der Waals surface area (Å²) in [6, 6.07) is 0.0602. The molecule has 0 unspecified atom stereocenters. The van der Waals surface area contributed by atoms with Crippen molar-refractivity contribution in [2.45, 2.75) is 129 Å². The first kappa shape index (κ1) is 49.0. The van der Waals surface area contributed by atoms with Crippen LogP contribution in [0.2, 0.25) is 13.6 Å². The van der Waals surface area contributed by atoms with Crippen LogP contribution in [0.25, 0.3) is 0 Å². The van der Waals surface area contributed by atoms with E-state index in [1.807, 2.05) is 13.6 Å². The summed E-state index contributed by atoms with van der Waals surface area (Å²) in [6.07, 6.45) is 8.44. The lowest BCUT2D eigenvalue weighted by Crippen LogP contribution is -2.63. The van der Waals surface area contributed by atoms with E-state index in [1.54, 1.807) is 9.80 Å². The van der Waals surface area contributed by atoms with Gasteiger partial charge in [-0.05, 0) is 131 Å². The number of nitrogens with zero attached hydrogens (tertiary/aromatic N) is 7. The van der Waals surface area contributed by atoms with Gasteiger partial charge in [-0.1, -0.05) is 0 Å². The maximum Gasteiger partial charge on any atom is 0.376 e. The normalized spacial score (nSPS) is 26.5. The second kappa shape index (κ2) is 22.4. The molecule has 2 atom stereocenters. The van der Waals surface area contributed by atoms with Crippen LogP contribution in [-0.2, 0) is 9.59 Å². The van der Waals surface area contributed by atoms with Crippen molar-refractivity contribution in [3.63, 3.8) is 0 Å². The molecule has 6 heterocycles. The van der Waals surface area contributed by atoms with Gasteiger partial charge in [0.1, 0.15) is 0 Å². The molecule has 6 saturated heterocycles. The van der Waals surface area contributed by atoms with Gasteiger partial charge in [0.25, 0.3) is 0 Å². The fraction of sp³-hybridized carbons (Fsp3) is 0.900. The van der Waals surface area contributed by atoms with Gasteiger partial charge in [0.2, 0.25) is 5.91 Å². The predicted molar refractivity (Wildman–Crippen MR) is 233 cm³/mol. The molecule has 0 aromatic heterocycles. The first-order valence-corrected chi connectivity index (χ1v) is 22.5. The molecule has 8 N–H and O–H groups in total. The van der Waals surface area contributed by atoms with Crippen LogP contribution in [0, 0.1) is 11.8 Å². The lowest BCUT2D eigenvalue weighted by Gasteiger charge is -2.52. The number of aliphatic carboxylic acids is 1. The molecule has 0 aliphatic carbocycles. The topological polar surface area (TPSA) is 216 Å². The van der Waals surface area contributed by atoms with Gasteiger partial charge in [-0.2, -0.15) is 0 Å². The molecule has 59 heavy (non-hydrogen) atoms. The summed E-state index contributed by atoms with van der Waals surface area (Å²) in [6.45, 7) is 25.3. The molecular formula is C40H78B2N10O7. The number of nitrogens with two attached hydrogens (primary N) is 2. The Labute approximate surface area is 354 Å². The smallest absolute Gasteiger partial charge is 0.376 e. The molecule has 0 radical (unpaired) electrons. The van der Waals surface area contributed by atoms with Gasteiger partial charge in [-0.3, -0.25) is 19.4 Å². The molecule has 0 saturated carbocycles. The second-order valence-electron chi connectivity index (χ2n) is 18.9. The molecule has 336 valence electrons. The van der Waals surface area contributed by atoms with Crippen molar-refractivity contribution in [2.75, 3.05) is 91.6 Å². The summed E-state index contributed by atoms with van der Waals surface area (Å²) < 4.78 is 0. The van der Waals surface area contributed by atoms with Crippen molar-refractivity contribution in [3.05, 3.63) is 0 Å². The van der Waals surface area contributed by atoms with Gasteiger partial charge >= 0.3 is 32.1 Å². The van der Waals surface area contributed by atoms with E-state index in [4.69, 9.17) is 16.6 Å². The summed E-state index contributed by atoms with van der Waals surface area (Å²) in [5, 5.41) is 31.5. The average Bonchev–Trinajstić information content (AvgIpc) is 3.19. The highest BCUT2D eigenvalue weighted by Crippen LogP contribution is 2.32. The van der Waals surface area contributed by atoms with Crippen LogP contribution in [0.15, 0.2) is 0 Å². The molecule has 6 fully saturated rings. The number of carbonyl (C=O) groups excluding carboxylic acids is 3. The van der Waals surface area contributed by atoms with Gasteiger partial charge in [0.05, 0.1) is 0 Å². The van der Waals surface area contributed by atoms with Crippen LogP contribution in [0.4, 0.5) is 9.59 Å². The van der Waals surface area contributed by atoms with Crippen LogP contribution in [0.1, 0.15) is 91.9 Å². The first-order chi connectivity index (χ1) is 27.8. The Bertz CT molecular complexity index is 1350. The predicted octanol–water partition coefficient (Wildman–Crippen LogP) is 1.16. The fourth-order valence-electron chi connectivity index (χ4n) is 9.96. The van der Waals surface area contributed by atoms with E-state index in [9.17, 15) is 29.2 Å². The number of amides is 5. The number of hydrogen-bond donors (Lipinski definition) is 6. The largest absolute Gasteiger partial charge is 0.481 e. The third-order valence-corrected chi connectivity index (χ3v) is 14.4. The summed E-state index contributed by atoms with van der Waals surface area (Å²) in [4.78, 5) is 60.1. The highest BCUT2D eigenvalue weighted by Gasteiger charge is 2.41. The van der Waals surface area contributed by atoms with Crippen LogP contribution in [0.3, 0.4) is 0 Å². The zero-order chi connectivity index (χ0) is 43.5. The molecule has 0 bridgehead atoms. The van der Waals surface area contributed by atoms with Crippen molar-refractivity contribution in [3.8, 4) is 0 Å². The van der Waals surface area contributed by atoms with Gasteiger partial charge in [-0.25, -0.2) is 9.59 Å². The van der Waals surface area contributed by atoms with Gasteiger partial charge in [-0.15, -0.1) is 0 Å². The monoisotopic (exact) mass is 833 g/mol. The van der Waals surface area contributed by atoms with E-state index in [1.165, 1.54) is 12.8 Å². The van der Waals surface area contributed by atoms with Gasteiger partial charge < -0.3 is 56.3 Å². The summed E-state index contributed by atoms with van der Waals surface area (Å²) in [7, 11) is -0.663. The Morgan fingerprint density at radius 3 is 1.44 bits per heavy atom. The van der Waals surface area contributed by atoms with E-state index in [0.717, 1.165) is 104 Å². The highest BCUT2D eigenvalue weighted by molar-refractivity contribution is 6.45. The number of piperazine rings is 2. The van der Waals surface area contributed by atoms with Crippen molar-refractivity contribution in [1.29, 1.82) is 0 Å². The Morgan fingerprint density at radius 1 is 0.644 bits per heavy atom. The molecule has 19 heteroatoms. The fourth-order valence-corrected chi connectivity index (χ4v) is 9.96. The van der Waals surface area contributed by atoms with Gasteiger partial charge in [0.15, 0.2) is 0 Å². The lowest BCUT2D eigenvalue weighted by atomic mass is 9.78. The summed E-state index contributed by atoms with van der Waals surface area (Å²) >= 11 is 0. The van der Waals surface area contributed by atoms with Crippen LogP contribution >= 0.6 is 0 Å². The Kier molecular flexibility index (Phi) is 18.6. The molecule has 5 amide bonds. The molecule has 0 aromatic rings. The zero-order valence-electron chi connectivity index (χ0n) is 37.2. The second-order valence-corrected chi connectivity index (χ2v) is 18.9. The minimum Gasteiger partial charge on any atom is -0.481 e. The van der Waals surface area contributed by atoms with Crippen LogP contribution in [0.5, 0.6) is 0 Å². The number of carbonyl (C=O) groups is 4. The van der Waals surface area contributed by atoms with Crippen LogP contribution < -0.4 is 16.8 Å². The maximum atomic E-state index is 12.9. The zero-order valence-corrected chi connectivity index (χ0v) is 37.2. The minimum absolute atomic E-state index is 0.149. The quantitative estimate of drug-likeness (QED) is 0.190.